The minimum atomic E-state index is -3.48. The molecule has 31 heavy (non-hydrogen) atoms. The van der Waals surface area contributed by atoms with Crippen molar-refractivity contribution in [1.29, 1.82) is 0 Å². The summed E-state index contributed by atoms with van der Waals surface area (Å²) in [6, 6.07) is 11.8. The van der Waals surface area contributed by atoms with Crippen LogP contribution in [0, 0.1) is 0 Å². The number of carbonyl (C=O) groups excluding carboxylic acids is 1. The number of hydrogen-bond acceptors (Lipinski definition) is 6. The van der Waals surface area contributed by atoms with Crippen molar-refractivity contribution in [3.05, 3.63) is 52.8 Å². The van der Waals surface area contributed by atoms with Gasteiger partial charge < -0.3 is 14.0 Å². The van der Waals surface area contributed by atoms with Gasteiger partial charge in [0.25, 0.3) is 5.91 Å². The Morgan fingerprint density at radius 2 is 1.97 bits per heavy atom. The van der Waals surface area contributed by atoms with Crippen LogP contribution in [-0.2, 0) is 21.1 Å². The molecule has 0 aliphatic rings. The van der Waals surface area contributed by atoms with Crippen LogP contribution in [0.2, 0.25) is 0 Å². The number of amides is 1. The van der Waals surface area contributed by atoms with E-state index >= 15 is 0 Å². The maximum absolute atomic E-state index is 12.9. The summed E-state index contributed by atoms with van der Waals surface area (Å²) in [7, 11) is -1.87. The van der Waals surface area contributed by atoms with Crippen LogP contribution in [0.3, 0.4) is 0 Å². The normalized spacial score (nSPS) is 12.6. The molecular formula is C22H26N2O5S2. The zero-order chi connectivity index (χ0) is 22.6. The van der Waals surface area contributed by atoms with Crippen molar-refractivity contribution in [2.24, 2.45) is 4.99 Å². The fraction of sp³-hybridized carbons (Fsp3) is 0.364. The van der Waals surface area contributed by atoms with Crippen LogP contribution in [0.5, 0.6) is 5.75 Å². The minimum absolute atomic E-state index is 0.119. The number of aromatic nitrogens is 1. The van der Waals surface area contributed by atoms with E-state index in [9.17, 15) is 13.2 Å². The van der Waals surface area contributed by atoms with Crippen molar-refractivity contribution in [3.8, 4) is 5.75 Å². The van der Waals surface area contributed by atoms with Gasteiger partial charge in [0.2, 0.25) is 0 Å². The van der Waals surface area contributed by atoms with E-state index < -0.39 is 21.0 Å². The molecule has 0 aliphatic heterocycles. The highest BCUT2D eigenvalue weighted by molar-refractivity contribution is 7.92. The number of sulfone groups is 1. The molecule has 0 radical (unpaired) electrons. The first-order valence-corrected chi connectivity index (χ1v) is 12.3. The highest BCUT2D eigenvalue weighted by Crippen LogP contribution is 2.24. The number of rotatable bonds is 8. The van der Waals surface area contributed by atoms with Crippen molar-refractivity contribution < 1.29 is 22.7 Å². The Kier molecular flexibility index (Phi) is 7.30. The van der Waals surface area contributed by atoms with Crippen LogP contribution in [-0.4, -0.2) is 44.5 Å². The monoisotopic (exact) mass is 462 g/mol. The topological polar surface area (TPSA) is 87.0 Å². The molecule has 166 valence electrons. The number of benzene rings is 2. The number of thiazole rings is 1. The average Bonchev–Trinajstić information content (AvgIpc) is 3.08. The lowest BCUT2D eigenvalue weighted by Crippen LogP contribution is -2.19. The van der Waals surface area contributed by atoms with Gasteiger partial charge in [-0.3, -0.25) is 4.79 Å². The number of fused-ring (bicyclic) bond motifs is 1. The smallest absolute Gasteiger partial charge is 0.279 e. The second kappa shape index (κ2) is 9.76. The molecule has 0 spiro atoms. The molecule has 0 fully saturated rings. The van der Waals surface area contributed by atoms with Gasteiger partial charge in [0.05, 0.1) is 33.6 Å². The minimum Gasteiger partial charge on any atom is -0.494 e. The number of hydrogen-bond donors (Lipinski definition) is 0. The SMILES string of the molecule is CCOc1ccc2c(c1)sc(=NC(=O)c1cccc(S(=O)(=O)C(C)C)c1)n2CCOC. The Balaban J connectivity index is 2.08. The number of methoxy groups -OCH3 is 1. The van der Waals surface area contributed by atoms with Crippen molar-refractivity contribution in [2.75, 3.05) is 20.3 Å². The Morgan fingerprint density at radius 1 is 1.19 bits per heavy atom. The first kappa shape index (κ1) is 23.2. The van der Waals surface area contributed by atoms with E-state index in [2.05, 4.69) is 4.99 Å². The van der Waals surface area contributed by atoms with Crippen LogP contribution in [0.15, 0.2) is 52.4 Å². The maximum Gasteiger partial charge on any atom is 0.279 e. The predicted octanol–water partition coefficient (Wildman–Crippen LogP) is 3.67. The number of carbonyl (C=O) groups is 1. The Bertz CT molecular complexity index is 1260. The van der Waals surface area contributed by atoms with Gasteiger partial charge in [0.1, 0.15) is 5.75 Å². The average molecular weight is 463 g/mol. The Labute approximate surface area is 185 Å². The summed E-state index contributed by atoms with van der Waals surface area (Å²) in [6.45, 7) is 6.69. The summed E-state index contributed by atoms with van der Waals surface area (Å²) in [5, 5.41) is -0.576. The van der Waals surface area contributed by atoms with Crippen LogP contribution in [0.25, 0.3) is 10.2 Å². The van der Waals surface area contributed by atoms with Gasteiger partial charge in [-0.2, -0.15) is 4.99 Å². The fourth-order valence-electron chi connectivity index (χ4n) is 3.02. The zero-order valence-electron chi connectivity index (χ0n) is 18.0. The van der Waals surface area contributed by atoms with Gasteiger partial charge in [0, 0.05) is 19.2 Å². The van der Waals surface area contributed by atoms with Gasteiger partial charge in [-0.15, -0.1) is 0 Å². The Hall–Kier alpha value is -2.49. The second-order valence-corrected chi connectivity index (χ2v) is 10.6. The predicted molar refractivity (Wildman–Crippen MR) is 122 cm³/mol. The molecular weight excluding hydrogens is 436 g/mol. The van der Waals surface area contributed by atoms with Gasteiger partial charge in [0.15, 0.2) is 14.6 Å². The standard InChI is InChI=1S/C22H26N2O5S2/c1-5-29-17-9-10-19-20(14-17)30-22(24(19)11-12-28-4)23-21(25)16-7-6-8-18(13-16)31(26,27)15(2)3/h6-10,13-15H,5,11-12H2,1-4H3. The van der Waals surface area contributed by atoms with E-state index in [1.54, 1.807) is 33.1 Å². The van der Waals surface area contributed by atoms with Gasteiger partial charge >= 0.3 is 0 Å². The van der Waals surface area contributed by atoms with Crippen molar-refractivity contribution >= 4 is 37.3 Å². The van der Waals surface area contributed by atoms with Crippen LogP contribution < -0.4 is 9.54 Å². The second-order valence-electron chi connectivity index (χ2n) is 7.13. The summed E-state index contributed by atoms with van der Waals surface area (Å²) < 4.78 is 38.6. The first-order chi connectivity index (χ1) is 14.8. The van der Waals surface area contributed by atoms with Crippen molar-refractivity contribution in [1.82, 2.24) is 4.57 Å². The molecule has 3 aromatic rings. The molecule has 1 aromatic heterocycles. The molecule has 9 heteroatoms. The molecule has 0 saturated carbocycles. The van der Waals surface area contributed by atoms with Crippen LogP contribution in [0.1, 0.15) is 31.1 Å². The lowest BCUT2D eigenvalue weighted by atomic mass is 10.2. The first-order valence-electron chi connectivity index (χ1n) is 9.96. The molecule has 0 atom stereocenters. The summed E-state index contributed by atoms with van der Waals surface area (Å²) in [6.07, 6.45) is 0. The zero-order valence-corrected chi connectivity index (χ0v) is 19.6. The van der Waals surface area contributed by atoms with E-state index in [-0.39, 0.29) is 10.5 Å². The molecule has 0 saturated heterocycles. The van der Waals surface area contributed by atoms with Gasteiger partial charge in [-0.25, -0.2) is 8.42 Å². The summed E-state index contributed by atoms with van der Waals surface area (Å²) >= 11 is 1.37. The van der Waals surface area contributed by atoms with Crippen LogP contribution in [0.4, 0.5) is 0 Å². The third-order valence-electron chi connectivity index (χ3n) is 4.71. The number of nitrogens with zero attached hydrogens (tertiary/aromatic N) is 2. The number of ether oxygens (including phenoxy) is 2. The van der Waals surface area contributed by atoms with E-state index in [0.717, 1.165) is 16.0 Å². The Morgan fingerprint density at radius 3 is 2.65 bits per heavy atom. The molecule has 0 aliphatic carbocycles. The third kappa shape index (κ3) is 5.06. The maximum atomic E-state index is 12.9. The molecule has 1 heterocycles. The summed E-state index contributed by atoms with van der Waals surface area (Å²) in [5.74, 6) is 0.253. The highest BCUT2D eigenvalue weighted by Gasteiger charge is 2.20. The summed E-state index contributed by atoms with van der Waals surface area (Å²) in [5.41, 5.74) is 1.15. The van der Waals surface area contributed by atoms with Crippen LogP contribution >= 0.6 is 11.3 Å². The van der Waals surface area contributed by atoms with Gasteiger partial charge in [-0.1, -0.05) is 17.4 Å². The highest BCUT2D eigenvalue weighted by atomic mass is 32.2. The van der Waals surface area contributed by atoms with E-state index in [1.165, 1.54) is 23.5 Å². The lowest BCUT2D eigenvalue weighted by molar-refractivity contribution is 0.0997. The largest absolute Gasteiger partial charge is 0.494 e. The van der Waals surface area contributed by atoms with E-state index in [1.807, 2.05) is 29.7 Å². The lowest BCUT2D eigenvalue weighted by Gasteiger charge is -2.08. The fourth-order valence-corrected chi connectivity index (χ4v) is 5.21. The molecule has 7 nitrogen and oxygen atoms in total. The van der Waals surface area contributed by atoms with E-state index in [4.69, 9.17) is 9.47 Å². The van der Waals surface area contributed by atoms with Crippen molar-refractivity contribution in [3.63, 3.8) is 0 Å². The molecule has 0 unspecified atom stereocenters. The van der Waals surface area contributed by atoms with Gasteiger partial charge in [-0.05, 0) is 57.2 Å². The third-order valence-corrected chi connectivity index (χ3v) is 7.90. The summed E-state index contributed by atoms with van der Waals surface area (Å²) in [4.78, 5) is 17.9. The quantitative estimate of drug-likeness (QED) is 0.510. The van der Waals surface area contributed by atoms with Crippen molar-refractivity contribution in [2.45, 2.75) is 37.5 Å². The molecule has 3 rings (SSSR count). The van der Waals surface area contributed by atoms with E-state index in [0.29, 0.717) is 24.6 Å². The molecule has 1 amide bonds. The molecule has 0 bridgehead atoms. The molecule has 0 N–H and O–H groups in total. The molecule has 2 aromatic carbocycles.